The standard InChI is InChI=1S/C16H30N2O/c1-3-4-5-6-7-8-9-10-11-12-13-14-16-17-15(2)19-18-16/h2-14H2,1H3,(H,17,18). The molecule has 1 aliphatic heterocycles. The maximum absolute atomic E-state index is 4.97. The number of nitrogens with zero attached hydrogens (tertiary/aromatic N) is 1. The van der Waals surface area contributed by atoms with Gasteiger partial charge in [-0.05, 0) is 13.0 Å². The number of hydroxylamine groups is 1. The van der Waals surface area contributed by atoms with Crippen molar-refractivity contribution < 1.29 is 4.84 Å². The van der Waals surface area contributed by atoms with Crippen molar-refractivity contribution in [2.45, 2.75) is 84.0 Å². The SMILES string of the molecule is C=C1N=C(CCCCCCCCCCCCC)NO1. The lowest BCUT2D eigenvalue weighted by atomic mass is 10.1. The van der Waals surface area contributed by atoms with Gasteiger partial charge < -0.3 is 4.84 Å². The van der Waals surface area contributed by atoms with E-state index in [0.29, 0.717) is 5.88 Å². The fraction of sp³-hybridized carbons (Fsp3) is 0.812. The summed E-state index contributed by atoms with van der Waals surface area (Å²) in [6.45, 7) is 5.91. The molecule has 0 spiro atoms. The molecule has 1 rings (SSSR count). The van der Waals surface area contributed by atoms with E-state index in [1.54, 1.807) is 0 Å². The second kappa shape index (κ2) is 10.9. The average Bonchev–Trinajstić information content (AvgIpc) is 2.82. The summed E-state index contributed by atoms with van der Waals surface area (Å²) in [5.41, 5.74) is 2.79. The highest BCUT2D eigenvalue weighted by molar-refractivity contribution is 5.83. The van der Waals surface area contributed by atoms with Crippen LogP contribution >= 0.6 is 0 Å². The third-order valence-electron chi connectivity index (χ3n) is 3.56. The summed E-state index contributed by atoms with van der Waals surface area (Å²) < 4.78 is 0. The molecule has 0 aromatic rings. The third-order valence-corrected chi connectivity index (χ3v) is 3.56. The minimum Gasteiger partial charge on any atom is -0.361 e. The molecule has 110 valence electrons. The van der Waals surface area contributed by atoms with Crippen LogP contribution in [0.1, 0.15) is 84.0 Å². The zero-order chi connectivity index (χ0) is 13.8. The van der Waals surface area contributed by atoms with Crippen molar-refractivity contribution >= 4 is 5.84 Å². The number of hydrogen-bond donors (Lipinski definition) is 1. The van der Waals surface area contributed by atoms with E-state index in [9.17, 15) is 0 Å². The minimum atomic E-state index is 0.484. The molecule has 0 aromatic heterocycles. The number of nitrogens with one attached hydrogen (secondary N) is 1. The van der Waals surface area contributed by atoms with E-state index >= 15 is 0 Å². The van der Waals surface area contributed by atoms with E-state index < -0.39 is 0 Å². The Labute approximate surface area is 118 Å². The van der Waals surface area contributed by atoms with Crippen LogP contribution in [0.2, 0.25) is 0 Å². The summed E-state index contributed by atoms with van der Waals surface area (Å²) in [4.78, 5) is 9.13. The topological polar surface area (TPSA) is 33.6 Å². The summed E-state index contributed by atoms with van der Waals surface area (Å²) >= 11 is 0. The van der Waals surface area contributed by atoms with Gasteiger partial charge >= 0.3 is 0 Å². The molecular weight excluding hydrogens is 236 g/mol. The molecule has 0 bridgehead atoms. The Morgan fingerprint density at radius 3 is 1.89 bits per heavy atom. The van der Waals surface area contributed by atoms with Crippen molar-refractivity contribution in [3.05, 3.63) is 12.5 Å². The van der Waals surface area contributed by atoms with Gasteiger partial charge in [0.1, 0.15) is 5.84 Å². The van der Waals surface area contributed by atoms with Crippen molar-refractivity contribution in [3.63, 3.8) is 0 Å². The van der Waals surface area contributed by atoms with E-state index in [0.717, 1.165) is 12.3 Å². The van der Waals surface area contributed by atoms with Gasteiger partial charge in [-0.1, -0.05) is 71.1 Å². The first-order chi connectivity index (χ1) is 9.33. The van der Waals surface area contributed by atoms with Crippen LogP contribution in [-0.4, -0.2) is 5.84 Å². The number of aliphatic imine (C=N–C) groups is 1. The number of hydrogen-bond acceptors (Lipinski definition) is 3. The zero-order valence-electron chi connectivity index (χ0n) is 12.5. The minimum absolute atomic E-state index is 0.484. The largest absolute Gasteiger partial charge is 0.361 e. The molecule has 0 aromatic carbocycles. The predicted octanol–water partition coefficient (Wildman–Crippen LogP) is 5.09. The predicted molar refractivity (Wildman–Crippen MR) is 81.9 cm³/mol. The second-order valence-corrected chi connectivity index (χ2v) is 5.44. The van der Waals surface area contributed by atoms with Crippen LogP contribution in [0, 0.1) is 0 Å². The number of unbranched alkanes of at least 4 members (excludes halogenated alkanes) is 10. The van der Waals surface area contributed by atoms with Crippen LogP contribution in [0.25, 0.3) is 0 Å². The normalized spacial score (nSPS) is 14.2. The quantitative estimate of drug-likeness (QED) is 0.499. The molecule has 3 nitrogen and oxygen atoms in total. The van der Waals surface area contributed by atoms with Crippen molar-refractivity contribution in [2.24, 2.45) is 4.99 Å². The molecule has 0 saturated heterocycles. The molecule has 1 heterocycles. The summed E-state index contributed by atoms with van der Waals surface area (Å²) in [7, 11) is 0. The molecule has 0 unspecified atom stereocenters. The highest BCUT2D eigenvalue weighted by Crippen LogP contribution is 2.13. The van der Waals surface area contributed by atoms with Crippen molar-refractivity contribution in [2.75, 3.05) is 0 Å². The summed E-state index contributed by atoms with van der Waals surface area (Å²) in [5.74, 6) is 1.42. The van der Waals surface area contributed by atoms with Crippen LogP contribution in [0.15, 0.2) is 17.5 Å². The molecule has 0 radical (unpaired) electrons. The van der Waals surface area contributed by atoms with Crippen LogP contribution in [0.3, 0.4) is 0 Å². The lowest BCUT2D eigenvalue weighted by molar-refractivity contribution is 0.177. The number of rotatable bonds is 12. The van der Waals surface area contributed by atoms with Crippen molar-refractivity contribution in [1.29, 1.82) is 0 Å². The van der Waals surface area contributed by atoms with Gasteiger partial charge in [0, 0.05) is 6.42 Å². The van der Waals surface area contributed by atoms with Gasteiger partial charge in [-0.15, -0.1) is 0 Å². The lowest BCUT2D eigenvalue weighted by Gasteiger charge is -2.03. The first-order valence-corrected chi connectivity index (χ1v) is 8.02. The van der Waals surface area contributed by atoms with E-state index in [-0.39, 0.29) is 0 Å². The van der Waals surface area contributed by atoms with E-state index in [1.807, 2.05) is 0 Å². The molecule has 0 amide bonds. The van der Waals surface area contributed by atoms with Crippen LogP contribution in [0.4, 0.5) is 0 Å². The summed E-state index contributed by atoms with van der Waals surface area (Å²) in [6.07, 6.45) is 16.1. The summed E-state index contributed by atoms with van der Waals surface area (Å²) in [5, 5.41) is 0. The Kier molecular flexibility index (Phi) is 9.21. The molecule has 0 atom stereocenters. The van der Waals surface area contributed by atoms with E-state index in [4.69, 9.17) is 4.84 Å². The Morgan fingerprint density at radius 1 is 0.895 bits per heavy atom. The smallest absolute Gasteiger partial charge is 0.240 e. The first kappa shape index (κ1) is 16.1. The van der Waals surface area contributed by atoms with E-state index in [1.165, 1.54) is 70.6 Å². The molecule has 0 fully saturated rings. The Balaban J connectivity index is 1.76. The molecular formula is C16H30N2O. The molecule has 1 N–H and O–H groups in total. The monoisotopic (exact) mass is 266 g/mol. The first-order valence-electron chi connectivity index (χ1n) is 8.02. The van der Waals surface area contributed by atoms with Crippen LogP contribution in [0.5, 0.6) is 0 Å². The Hall–Kier alpha value is -0.990. The second-order valence-electron chi connectivity index (χ2n) is 5.44. The molecule has 19 heavy (non-hydrogen) atoms. The molecule has 3 heteroatoms. The third kappa shape index (κ3) is 8.68. The maximum Gasteiger partial charge on any atom is 0.240 e. The molecule has 0 saturated carbocycles. The average molecular weight is 266 g/mol. The molecule has 1 aliphatic rings. The van der Waals surface area contributed by atoms with Crippen molar-refractivity contribution in [1.82, 2.24) is 5.48 Å². The Morgan fingerprint density at radius 2 is 1.42 bits per heavy atom. The Bertz CT molecular complexity index is 274. The van der Waals surface area contributed by atoms with E-state index in [2.05, 4.69) is 24.0 Å². The van der Waals surface area contributed by atoms with Gasteiger partial charge in [-0.3, -0.25) is 0 Å². The fourth-order valence-electron chi connectivity index (χ4n) is 2.38. The van der Waals surface area contributed by atoms with Crippen LogP contribution < -0.4 is 5.48 Å². The van der Waals surface area contributed by atoms with Gasteiger partial charge in [-0.25, -0.2) is 5.48 Å². The molecule has 0 aliphatic carbocycles. The zero-order valence-corrected chi connectivity index (χ0v) is 12.5. The lowest BCUT2D eigenvalue weighted by Crippen LogP contribution is -2.15. The van der Waals surface area contributed by atoms with Gasteiger partial charge in [0.2, 0.25) is 5.88 Å². The number of amidine groups is 1. The van der Waals surface area contributed by atoms with Gasteiger partial charge in [0.25, 0.3) is 0 Å². The van der Waals surface area contributed by atoms with Gasteiger partial charge in [0.15, 0.2) is 0 Å². The maximum atomic E-state index is 4.97. The van der Waals surface area contributed by atoms with Crippen molar-refractivity contribution in [3.8, 4) is 0 Å². The summed E-state index contributed by atoms with van der Waals surface area (Å²) in [6, 6.07) is 0. The highest BCUT2D eigenvalue weighted by atomic mass is 16.7. The van der Waals surface area contributed by atoms with Gasteiger partial charge in [0.05, 0.1) is 0 Å². The fourth-order valence-corrected chi connectivity index (χ4v) is 2.38. The highest BCUT2D eigenvalue weighted by Gasteiger charge is 2.08. The van der Waals surface area contributed by atoms with Gasteiger partial charge in [-0.2, -0.15) is 4.99 Å². The van der Waals surface area contributed by atoms with Crippen LogP contribution in [-0.2, 0) is 4.84 Å².